The summed E-state index contributed by atoms with van der Waals surface area (Å²) in [6, 6.07) is 3.14. The lowest BCUT2D eigenvalue weighted by Gasteiger charge is -2.19. The summed E-state index contributed by atoms with van der Waals surface area (Å²) in [5, 5.41) is 0.324. The van der Waals surface area contributed by atoms with Crippen LogP contribution in [0.25, 0.3) is 0 Å². The first-order valence-electron chi connectivity index (χ1n) is 5.59. The molecule has 0 bridgehead atoms. The third-order valence-electron chi connectivity index (χ3n) is 2.82. The van der Waals surface area contributed by atoms with Gasteiger partial charge in [0.1, 0.15) is 5.15 Å². The molecule has 1 saturated heterocycles. The molecule has 2 heterocycles. The number of nitrogens with zero attached hydrogens (tertiary/aromatic N) is 2. The van der Waals surface area contributed by atoms with E-state index in [0.717, 1.165) is 0 Å². The lowest BCUT2D eigenvalue weighted by molar-refractivity contribution is 0.0768. The maximum atomic E-state index is 12.1. The molecule has 1 amide bonds. The van der Waals surface area contributed by atoms with Crippen LogP contribution in [0.2, 0.25) is 5.15 Å². The molecular weight excluding hydrogens is 276 g/mol. The standard InChI is InChI=1S/C11H13ClN2O3S/c12-10-3-2-9(8-13-10)11(15)14-4-1-6-18(16,17)7-5-14/h2-3,8H,1,4-7H2. The fraction of sp³-hybridized carbons (Fsp3) is 0.455. The average molecular weight is 289 g/mol. The van der Waals surface area contributed by atoms with Crippen molar-refractivity contribution in [1.82, 2.24) is 9.88 Å². The molecule has 1 aromatic heterocycles. The zero-order chi connectivity index (χ0) is 13.2. The molecule has 0 saturated carbocycles. The number of amides is 1. The van der Waals surface area contributed by atoms with Crippen molar-refractivity contribution in [3.8, 4) is 0 Å². The summed E-state index contributed by atoms with van der Waals surface area (Å²) in [4.78, 5) is 17.5. The summed E-state index contributed by atoms with van der Waals surface area (Å²) in [5.41, 5.74) is 0.429. The lowest BCUT2D eigenvalue weighted by Crippen LogP contribution is -2.33. The van der Waals surface area contributed by atoms with Gasteiger partial charge in [-0.1, -0.05) is 11.6 Å². The zero-order valence-electron chi connectivity index (χ0n) is 9.67. The van der Waals surface area contributed by atoms with Crippen LogP contribution < -0.4 is 0 Å². The van der Waals surface area contributed by atoms with Crippen LogP contribution in [0.4, 0.5) is 0 Å². The maximum absolute atomic E-state index is 12.1. The van der Waals surface area contributed by atoms with E-state index < -0.39 is 9.84 Å². The Hall–Kier alpha value is -1.14. The topological polar surface area (TPSA) is 67.3 Å². The Kier molecular flexibility index (Phi) is 3.87. The third kappa shape index (κ3) is 3.20. The number of hydrogen-bond donors (Lipinski definition) is 0. The Morgan fingerprint density at radius 3 is 2.72 bits per heavy atom. The Balaban J connectivity index is 2.12. The fourth-order valence-electron chi connectivity index (χ4n) is 1.83. The second kappa shape index (κ2) is 5.24. The van der Waals surface area contributed by atoms with Gasteiger partial charge in [0.25, 0.3) is 5.91 Å². The predicted octanol–water partition coefficient (Wildman–Crippen LogP) is 0.996. The van der Waals surface area contributed by atoms with Gasteiger partial charge in [0, 0.05) is 19.3 Å². The summed E-state index contributed by atoms with van der Waals surface area (Å²) in [7, 11) is -3.01. The molecule has 0 aromatic carbocycles. The fourth-order valence-corrected chi connectivity index (χ4v) is 3.21. The monoisotopic (exact) mass is 288 g/mol. The van der Waals surface area contributed by atoms with Crippen molar-refractivity contribution in [2.45, 2.75) is 6.42 Å². The molecule has 1 aliphatic rings. The van der Waals surface area contributed by atoms with Gasteiger partial charge in [0.05, 0.1) is 17.1 Å². The number of aromatic nitrogens is 1. The van der Waals surface area contributed by atoms with Gasteiger partial charge in [0.2, 0.25) is 0 Å². The Morgan fingerprint density at radius 2 is 2.06 bits per heavy atom. The average Bonchev–Trinajstić information content (AvgIpc) is 2.50. The molecule has 1 aliphatic heterocycles. The molecule has 0 spiro atoms. The molecule has 1 fully saturated rings. The zero-order valence-corrected chi connectivity index (χ0v) is 11.2. The molecule has 2 rings (SSSR count). The molecule has 1 aromatic rings. The van der Waals surface area contributed by atoms with Gasteiger partial charge in [-0.05, 0) is 18.6 Å². The number of pyridine rings is 1. The lowest BCUT2D eigenvalue weighted by atomic mass is 10.2. The van der Waals surface area contributed by atoms with Crippen molar-refractivity contribution in [1.29, 1.82) is 0 Å². The van der Waals surface area contributed by atoms with E-state index >= 15 is 0 Å². The molecule has 7 heteroatoms. The first kappa shape index (κ1) is 13.3. The van der Waals surface area contributed by atoms with Gasteiger partial charge in [-0.3, -0.25) is 4.79 Å². The Bertz CT molecular complexity index is 542. The van der Waals surface area contributed by atoms with E-state index in [4.69, 9.17) is 11.6 Å². The van der Waals surface area contributed by atoms with E-state index in [1.54, 1.807) is 17.0 Å². The van der Waals surface area contributed by atoms with Crippen LogP contribution in [-0.2, 0) is 9.84 Å². The van der Waals surface area contributed by atoms with Gasteiger partial charge >= 0.3 is 0 Å². The maximum Gasteiger partial charge on any atom is 0.255 e. The summed E-state index contributed by atoms with van der Waals surface area (Å²) in [5.74, 6) is -0.0219. The second-order valence-corrected chi connectivity index (χ2v) is 6.86. The van der Waals surface area contributed by atoms with Gasteiger partial charge in [-0.2, -0.15) is 0 Å². The molecular formula is C11H13ClN2O3S. The number of halogens is 1. The predicted molar refractivity (Wildman–Crippen MR) is 68.4 cm³/mol. The molecule has 0 aliphatic carbocycles. The normalized spacial score (nSPS) is 19.3. The van der Waals surface area contributed by atoms with Crippen molar-refractivity contribution in [2.75, 3.05) is 24.6 Å². The van der Waals surface area contributed by atoms with Crippen LogP contribution in [0.3, 0.4) is 0 Å². The highest BCUT2D eigenvalue weighted by molar-refractivity contribution is 7.91. The summed E-state index contributed by atoms with van der Waals surface area (Å²) in [6.45, 7) is 0.699. The molecule has 0 radical (unpaired) electrons. The molecule has 0 N–H and O–H groups in total. The van der Waals surface area contributed by atoms with Crippen LogP contribution in [-0.4, -0.2) is 48.8 Å². The first-order chi connectivity index (χ1) is 8.48. The highest BCUT2D eigenvalue weighted by atomic mass is 35.5. The van der Waals surface area contributed by atoms with E-state index in [-0.39, 0.29) is 24.0 Å². The number of sulfone groups is 1. The number of carbonyl (C=O) groups excluding carboxylic acids is 1. The van der Waals surface area contributed by atoms with E-state index in [2.05, 4.69) is 4.98 Å². The largest absolute Gasteiger partial charge is 0.338 e. The summed E-state index contributed by atoms with van der Waals surface area (Å²) in [6.07, 6.45) is 1.89. The van der Waals surface area contributed by atoms with Crippen LogP contribution in [0, 0.1) is 0 Å². The number of hydrogen-bond acceptors (Lipinski definition) is 4. The van der Waals surface area contributed by atoms with E-state index in [9.17, 15) is 13.2 Å². The SMILES string of the molecule is O=C(c1ccc(Cl)nc1)N1CCCS(=O)(=O)CC1. The number of rotatable bonds is 1. The first-order valence-corrected chi connectivity index (χ1v) is 7.79. The van der Waals surface area contributed by atoms with Crippen LogP contribution in [0.1, 0.15) is 16.8 Å². The van der Waals surface area contributed by atoms with Gasteiger partial charge in [-0.15, -0.1) is 0 Å². The Morgan fingerprint density at radius 1 is 1.28 bits per heavy atom. The molecule has 5 nitrogen and oxygen atoms in total. The van der Waals surface area contributed by atoms with Gasteiger partial charge in [0.15, 0.2) is 9.84 Å². The van der Waals surface area contributed by atoms with E-state index in [1.165, 1.54) is 6.20 Å². The van der Waals surface area contributed by atoms with Crippen molar-refractivity contribution >= 4 is 27.3 Å². The highest BCUT2D eigenvalue weighted by Crippen LogP contribution is 2.11. The molecule has 0 unspecified atom stereocenters. The second-order valence-electron chi connectivity index (χ2n) is 4.17. The van der Waals surface area contributed by atoms with Crippen LogP contribution in [0.5, 0.6) is 0 Å². The minimum absolute atomic E-state index is 0.0275. The van der Waals surface area contributed by atoms with Gasteiger partial charge < -0.3 is 4.90 Å². The van der Waals surface area contributed by atoms with E-state index in [1.807, 2.05) is 0 Å². The van der Waals surface area contributed by atoms with Crippen LogP contribution >= 0.6 is 11.6 Å². The molecule has 0 atom stereocenters. The summed E-state index contributed by atoms with van der Waals surface area (Å²) >= 11 is 5.65. The van der Waals surface area contributed by atoms with Crippen LogP contribution in [0.15, 0.2) is 18.3 Å². The van der Waals surface area contributed by atoms with Crippen molar-refractivity contribution in [2.24, 2.45) is 0 Å². The van der Waals surface area contributed by atoms with Gasteiger partial charge in [-0.25, -0.2) is 13.4 Å². The third-order valence-corrected chi connectivity index (χ3v) is 4.76. The summed E-state index contributed by atoms with van der Waals surface area (Å²) < 4.78 is 22.9. The smallest absolute Gasteiger partial charge is 0.255 e. The molecule has 18 heavy (non-hydrogen) atoms. The van der Waals surface area contributed by atoms with Crippen molar-refractivity contribution in [3.63, 3.8) is 0 Å². The Labute approximate surface area is 111 Å². The quantitative estimate of drug-likeness (QED) is 0.723. The minimum Gasteiger partial charge on any atom is -0.338 e. The minimum atomic E-state index is -3.01. The molecule has 98 valence electrons. The van der Waals surface area contributed by atoms with Crippen molar-refractivity contribution < 1.29 is 13.2 Å². The van der Waals surface area contributed by atoms with E-state index in [0.29, 0.717) is 23.7 Å². The number of carbonyl (C=O) groups is 1. The highest BCUT2D eigenvalue weighted by Gasteiger charge is 2.23. The van der Waals surface area contributed by atoms with Crippen molar-refractivity contribution in [3.05, 3.63) is 29.0 Å².